The van der Waals surface area contributed by atoms with Gasteiger partial charge < -0.3 is 10.1 Å². The average Bonchev–Trinajstić information content (AvgIpc) is 2.52. The molecule has 0 amide bonds. The molecule has 126 valence electrons. The third kappa shape index (κ3) is 4.59. The van der Waals surface area contributed by atoms with Crippen molar-refractivity contribution in [2.24, 2.45) is 5.92 Å². The maximum Gasteiger partial charge on any atom is 0.0469 e. The summed E-state index contributed by atoms with van der Waals surface area (Å²) in [5, 5.41) is 3.47. The summed E-state index contributed by atoms with van der Waals surface area (Å²) in [5.41, 5.74) is 2.96. The predicted octanol–water partition coefficient (Wildman–Crippen LogP) is 3.21. The van der Waals surface area contributed by atoms with E-state index in [0.717, 1.165) is 45.3 Å². The summed E-state index contributed by atoms with van der Waals surface area (Å²) < 4.78 is 5.57. The van der Waals surface area contributed by atoms with Crippen LogP contribution in [0.1, 0.15) is 30.0 Å². The van der Waals surface area contributed by atoms with Crippen LogP contribution in [0.3, 0.4) is 0 Å². The van der Waals surface area contributed by atoms with E-state index >= 15 is 0 Å². The molecule has 2 aliphatic heterocycles. The summed E-state index contributed by atoms with van der Waals surface area (Å²) in [6, 6.07) is 9.50. The molecule has 2 fully saturated rings. The Kier molecular flexibility index (Phi) is 8.73. The highest BCUT2D eigenvalue weighted by atomic mass is 35.5. The SMILES string of the molecule is Cc1ccccc1[C@@H](C1CCOCC1)N1CCNCC1.Cl.Cl. The van der Waals surface area contributed by atoms with Crippen molar-refractivity contribution in [3.8, 4) is 0 Å². The minimum Gasteiger partial charge on any atom is -0.381 e. The van der Waals surface area contributed by atoms with Crippen molar-refractivity contribution in [1.82, 2.24) is 10.2 Å². The van der Waals surface area contributed by atoms with Gasteiger partial charge in [0.2, 0.25) is 0 Å². The number of rotatable bonds is 3. The molecule has 0 bridgehead atoms. The number of benzene rings is 1. The Morgan fingerprint density at radius 2 is 1.73 bits per heavy atom. The van der Waals surface area contributed by atoms with E-state index < -0.39 is 0 Å². The monoisotopic (exact) mass is 346 g/mol. The molecular formula is C17H28Cl2N2O. The molecule has 0 radical (unpaired) electrons. The van der Waals surface area contributed by atoms with Crippen LogP contribution in [0.15, 0.2) is 24.3 Å². The summed E-state index contributed by atoms with van der Waals surface area (Å²) in [6.07, 6.45) is 2.39. The fourth-order valence-corrected chi connectivity index (χ4v) is 3.66. The van der Waals surface area contributed by atoms with E-state index in [1.54, 1.807) is 0 Å². The number of halogens is 2. The first-order valence-electron chi connectivity index (χ1n) is 7.94. The van der Waals surface area contributed by atoms with Crippen LogP contribution in [0.2, 0.25) is 0 Å². The Balaban J connectivity index is 0.00000121. The van der Waals surface area contributed by atoms with Crippen molar-refractivity contribution >= 4 is 24.8 Å². The van der Waals surface area contributed by atoms with Crippen molar-refractivity contribution in [2.75, 3.05) is 39.4 Å². The summed E-state index contributed by atoms with van der Waals surface area (Å²) in [4.78, 5) is 2.69. The third-order valence-corrected chi connectivity index (χ3v) is 4.76. The molecule has 5 heteroatoms. The second-order valence-corrected chi connectivity index (χ2v) is 6.04. The van der Waals surface area contributed by atoms with Crippen molar-refractivity contribution < 1.29 is 4.74 Å². The van der Waals surface area contributed by atoms with E-state index in [9.17, 15) is 0 Å². The van der Waals surface area contributed by atoms with E-state index in [1.807, 2.05) is 0 Å². The van der Waals surface area contributed by atoms with Crippen LogP contribution in [0, 0.1) is 12.8 Å². The highest BCUT2D eigenvalue weighted by Gasteiger charge is 2.31. The smallest absolute Gasteiger partial charge is 0.0469 e. The van der Waals surface area contributed by atoms with Gasteiger partial charge in [0.05, 0.1) is 0 Å². The molecular weight excluding hydrogens is 319 g/mol. The Labute approximate surface area is 146 Å². The molecule has 3 nitrogen and oxygen atoms in total. The number of piperazine rings is 1. The second kappa shape index (κ2) is 9.74. The molecule has 0 spiro atoms. The zero-order chi connectivity index (χ0) is 13.8. The van der Waals surface area contributed by atoms with Crippen molar-refractivity contribution in [1.29, 1.82) is 0 Å². The number of hydrogen-bond donors (Lipinski definition) is 1. The first-order chi connectivity index (χ1) is 9.86. The molecule has 1 N–H and O–H groups in total. The molecule has 0 aromatic heterocycles. The molecule has 0 saturated carbocycles. The lowest BCUT2D eigenvalue weighted by Gasteiger charge is -2.41. The lowest BCUT2D eigenvalue weighted by atomic mass is 9.84. The molecule has 1 aromatic carbocycles. The number of nitrogens with one attached hydrogen (secondary N) is 1. The van der Waals surface area contributed by atoms with Crippen LogP contribution in [0.4, 0.5) is 0 Å². The van der Waals surface area contributed by atoms with E-state index in [2.05, 4.69) is 41.4 Å². The van der Waals surface area contributed by atoms with Crippen molar-refractivity contribution in [3.63, 3.8) is 0 Å². The van der Waals surface area contributed by atoms with Gasteiger partial charge in [-0.1, -0.05) is 24.3 Å². The summed E-state index contributed by atoms with van der Waals surface area (Å²) in [6.45, 7) is 8.67. The van der Waals surface area contributed by atoms with Crippen LogP contribution in [0.25, 0.3) is 0 Å². The van der Waals surface area contributed by atoms with E-state index in [4.69, 9.17) is 4.74 Å². The van der Waals surface area contributed by atoms with E-state index in [1.165, 1.54) is 24.0 Å². The van der Waals surface area contributed by atoms with Gasteiger partial charge in [-0.05, 0) is 36.8 Å². The molecule has 1 aromatic rings. The highest BCUT2D eigenvalue weighted by molar-refractivity contribution is 5.85. The maximum atomic E-state index is 5.57. The molecule has 2 aliphatic rings. The minimum atomic E-state index is 0. The zero-order valence-corrected chi connectivity index (χ0v) is 14.9. The largest absolute Gasteiger partial charge is 0.381 e. The van der Waals surface area contributed by atoms with Crippen LogP contribution >= 0.6 is 24.8 Å². The number of nitrogens with zero attached hydrogens (tertiary/aromatic N) is 1. The van der Waals surface area contributed by atoms with Crippen LogP contribution in [0.5, 0.6) is 0 Å². The van der Waals surface area contributed by atoms with Gasteiger partial charge in [0.15, 0.2) is 0 Å². The first kappa shape index (κ1) is 19.7. The van der Waals surface area contributed by atoms with Gasteiger partial charge in [0.25, 0.3) is 0 Å². The van der Waals surface area contributed by atoms with Gasteiger partial charge in [0, 0.05) is 45.4 Å². The lowest BCUT2D eigenvalue weighted by Crippen LogP contribution is -2.47. The highest BCUT2D eigenvalue weighted by Crippen LogP contribution is 2.36. The lowest BCUT2D eigenvalue weighted by molar-refractivity contribution is 0.0211. The molecule has 2 saturated heterocycles. The predicted molar refractivity (Wildman–Crippen MR) is 96.4 cm³/mol. The topological polar surface area (TPSA) is 24.5 Å². The van der Waals surface area contributed by atoms with Crippen LogP contribution in [-0.4, -0.2) is 44.3 Å². The Bertz CT molecular complexity index is 414. The van der Waals surface area contributed by atoms with Gasteiger partial charge in [-0.25, -0.2) is 0 Å². The molecule has 2 heterocycles. The molecule has 0 aliphatic carbocycles. The van der Waals surface area contributed by atoms with Crippen molar-refractivity contribution in [3.05, 3.63) is 35.4 Å². The fraction of sp³-hybridized carbons (Fsp3) is 0.647. The number of aryl methyl sites for hydroxylation is 1. The zero-order valence-electron chi connectivity index (χ0n) is 13.3. The average molecular weight is 347 g/mol. The maximum absolute atomic E-state index is 5.57. The van der Waals surface area contributed by atoms with Gasteiger partial charge in [-0.2, -0.15) is 0 Å². The Morgan fingerprint density at radius 1 is 1.09 bits per heavy atom. The Morgan fingerprint density at radius 3 is 2.36 bits per heavy atom. The minimum absolute atomic E-state index is 0. The van der Waals surface area contributed by atoms with Gasteiger partial charge in [0.1, 0.15) is 0 Å². The number of hydrogen-bond acceptors (Lipinski definition) is 3. The summed E-state index contributed by atoms with van der Waals surface area (Å²) in [7, 11) is 0. The van der Waals surface area contributed by atoms with Gasteiger partial charge in [-0.15, -0.1) is 24.8 Å². The second-order valence-electron chi connectivity index (χ2n) is 6.04. The molecule has 0 unspecified atom stereocenters. The Hall–Kier alpha value is -0.320. The normalized spacial score (nSPS) is 21.5. The third-order valence-electron chi connectivity index (χ3n) is 4.76. The summed E-state index contributed by atoms with van der Waals surface area (Å²) in [5.74, 6) is 0.739. The number of ether oxygens (including phenoxy) is 1. The van der Waals surface area contributed by atoms with E-state index in [-0.39, 0.29) is 24.8 Å². The van der Waals surface area contributed by atoms with Crippen molar-refractivity contribution in [2.45, 2.75) is 25.8 Å². The van der Waals surface area contributed by atoms with Gasteiger partial charge in [-0.3, -0.25) is 4.90 Å². The van der Waals surface area contributed by atoms with Gasteiger partial charge >= 0.3 is 0 Å². The van der Waals surface area contributed by atoms with E-state index in [0.29, 0.717) is 6.04 Å². The van der Waals surface area contributed by atoms with Crippen LogP contribution in [-0.2, 0) is 4.74 Å². The standard InChI is InChI=1S/C17H26N2O.2ClH/c1-14-4-2-3-5-16(14)17(15-6-12-20-13-7-15)19-10-8-18-9-11-19;;/h2-5,15,17-18H,6-13H2,1H3;2*1H/t17-;;/m1../s1. The first-order valence-corrected chi connectivity index (χ1v) is 7.94. The van der Waals surface area contributed by atoms with Crippen LogP contribution < -0.4 is 5.32 Å². The molecule has 1 atom stereocenters. The quantitative estimate of drug-likeness (QED) is 0.909. The molecule has 22 heavy (non-hydrogen) atoms. The fourth-order valence-electron chi connectivity index (χ4n) is 3.66. The molecule has 3 rings (SSSR count). The summed E-state index contributed by atoms with van der Waals surface area (Å²) >= 11 is 0.